The van der Waals surface area contributed by atoms with Gasteiger partial charge in [-0.2, -0.15) is 0 Å². The Kier molecular flexibility index (Phi) is 3.44. The maximum absolute atomic E-state index is 14.8. The molecule has 1 spiro atoms. The molecule has 0 bridgehead atoms. The number of hydrogen-bond donors (Lipinski definition) is 0. The molecule has 1 nitrogen and oxygen atoms in total. The number of hydrogen-bond acceptors (Lipinski definition) is 1. The highest BCUT2D eigenvalue weighted by Crippen LogP contribution is 2.64. The molecule has 2 aliphatic carbocycles. The van der Waals surface area contributed by atoms with Crippen LogP contribution in [0.2, 0.25) is 0 Å². The Morgan fingerprint density at radius 1 is 0.647 bits per heavy atom. The molecule has 3 heteroatoms. The number of rotatable bonds is 0. The molecule has 8 rings (SSSR count). The van der Waals surface area contributed by atoms with Crippen LogP contribution in [0.5, 0.6) is 0 Å². The fraction of sp³-hybridized carbons (Fsp3) is 0.0323. The molecule has 1 unspecified atom stereocenters. The maximum Gasteiger partial charge on any atom is 0.144 e. The summed E-state index contributed by atoms with van der Waals surface area (Å²) in [6.07, 6.45) is 0. The minimum atomic E-state index is -0.602. The predicted molar refractivity (Wildman–Crippen MR) is 138 cm³/mol. The molecule has 0 fully saturated rings. The van der Waals surface area contributed by atoms with Crippen molar-refractivity contribution in [3.8, 4) is 22.3 Å². The van der Waals surface area contributed by atoms with Crippen molar-refractivity contribution in [2.75, 3.05) is 0 Å². The van der Waals surface area contributed by atoms with Crippen molar-refractivity contribution < 1.29 is 8.81 Å². The Hall–Kier alpha value is -3.69. The van der Waals surface area contributed by atoms with Crippen molar-refractivity contribution in [2.45, 2.75) is 5.41 Å². The fourth-order valence-corrected chi connectivity index (χ4v) is 7.04. The minimum absolute atomic E-state index is 0.222. The maximum atomic E-state index is 14.8. The summed E-state index contributed by atoms with van der Waals surface area (Å²) in [5.74, 6) is -0.222. The van der Waals surface area contributed by atoms with Crippen molar-refractivity contribution in [1.82, 2.24) is 0 Å². The van der Waals surface area contributed by atoms with Gasteiger partial charge in [0.2, 0.25) is 0 Å². The Bertz CT molecular complexity index is 1850. The molecule has 34 heavy (non-hydrogen) atoms. The molecule has 6 aromatic rings. The van der Waals surface area contributed by atoms with Gasteiger partial charge < -0.3 is 4.42 Å². The van der Waals surface area contributed by atoms with E-state index in [0.29, 0.717) is 0 Å². The third-order valence-corrected chi connectivity index (χ3v) is 8.24. The van der Waals surface area contributed by atoms with E-state index in [-0.39, 0.29) is 5.82 Å². The van der Waals surface area contributed by atoms with Gasteiger partial charge in [-0.05, 0) is 63.2 Å². The van der Waals surface area contributed by atoms with E-state index in [1.54, 1.807) is 12.1 Å². The average Bonchev–Trinajstić information content (AvgIpc) is 3.48. The molecule has 0 radical (unpaired) electrons. The van der Waals surface area contributed by atoms with Gasteiger partial charge in [-0.25, -0.2) is 4.39 Å². The van der Waals surface area contributed by atoms with Crippen LogP contribution >= 0.6 is 15.9 Å². The Balaban J connectivity index is 1.64. The van der Waals surface area contributed by atoms with Gasteiger partial charge in [0, 0.05) is 20.8 Å². The second kappa shape index (κ2) is 6.25. The lowest BCUT2D eigenvalue weighted by Crippen LogP contribution is -2.26. The highest BCUT2D eigenvalue weighted by molar-refractivity contribution is 9.10. The van der Waals surface area contributed by atoms with E-state index < -0.39 is 5.41 Å². The lowest BCUT2D eigenvalue weighted by molar-refractivity contribution is 0.622. The first-order valence-corrected chi connectivity index (χ1v) is 12.1. The highest BCUT2D eigenvalue weighted by Gasteiger charge is 2.52. The van der Waals surface area contributed by atoms with Gasteiger partial charge in [-0.15, -0.1) is 0 Å². The molecule has 2 aliphatic rings. The first kappa shape index (κ1) is 18.7. The molecule has 1 atom stereocenters. The number of para-hydroxylation sites is 1. The number of fused-ring (bicyclic) bond motifs is 14. The van der Waals surface area contributed by atoms with E-state index >= 15 is 0 Å². The number of halogens is 2. The van der Waals surface area contributed by atoms with Crippen LogP contribution in [-0.4, -0.2) is 0 Å². The Morgan fingerprint density at radius 3 is 2.18 bits per heavy atom. The van der Waals surface area contributed by atoms with Crippen molar-refractivity contribution >= 4 is 37.9 Å². The van der Waals surface area contributed by atoms with Crippen LogP contribution in [0.15, 0.2) is 106 Å². The number of benzene rings is 5. The molecule has 0 saturated heterocycles. The summed E-state index contributed by atoms with van der Waals surface area (Å²) in [4.78, 5) is 0. The largest absolute Gasteiger partial charge is 0.455 e. The molecule has 0 N–H and O–H groups in total. The van der Waals surface area contributed by atoms with E-state index in [4.69, 9.17) is 4.42 Å². The average molecular weight is 503 g/mol. The molecule has 0 amide bonds. The summed E-state index contributed by atoms with van der Waals surface area (Å²) >= 11 is 3.89. The van der Waals surface area contributed by atoms with E-state index in [0.717, 1.165) is 59.8 Å². The standard InChI is InChI=1S/C31H16BrFO/c32-26-16-25-28(30-29(26)21-9-3-6-12-27(21)34-30)20-8-2-5-11-23(20)31(25)22-10-4-1-7-18(22)19-14-13-17(33)15-24(19)31/h1-16H. The summed E-state index contributed by atoms with van der Waals surface area (Å²) in [6.45, 7) is 0. The molecule has 0 aliphatic heterocycles. The zero-order chi connectivity index (χ0) is 22.6. The zero-order valence-corrected chi connectivity index (χ0v) is 19.5. The normalized spacial score (nSPS) is 17.2. The van der Waals surface area contributed by atoms with Crippen molar-refractivity contribution in [3.05, 3.63) is 130 Å². The molecule has 0 saturated carbocycles. The summed E-state index contributed by atoms with van der Waals surface area (Å²) in [6, 6.07) is 32.6. The van der Waals surface area contributed by atoms with Crippen molar-refractivity contribution in [2.24, 2.45) is 0 Å². The van der Waals surface area contributed by atoms with Gasteiger partial charge >= 0.3 is 0 Å². The molecule has 1 aromatic heterocycles. The SMILES string of the molecule is Fc1ccc2c(c1)C1(c3ccccc3-2)c2ccccc2-c2c1cc(Br)c1c2oc2ccccc21. The van der Waals surface area contributed by atoms with Gasteiger partial charge in [-0.1, -0.05) is 88.7 Å². The second-order valence-electron chi connectivity index (χ2n) is 9.11. The van der Waals surface area contributed by atoms with Crippen LogP contribution < -0.4 is 0 Å². The predicted octanol–water partition coefficient (Wildman–Crippen LogP) is 8.83. The molecule has 5 aromatic carbocycles. The van der Waals surface area contributed by atoms with Crippen LogP contribution in [0.4, 0.5) is 4.39 Å². The first-order valence-electron chi connectivity index (χ1n) is 11.3. The van der Waals surface area contributed by atoms with Crippen molar-refractivity contribution in [1.29, 1.82) is 0 Å². The van der Waals surface area contributed by atoms with Crippen molar-refractivity contribution in [3.63, 3.8) is 0 Å². The topological polar surface area (TPSA) is 13.1 Å². The van der Waals surface area contributed by atoms with Crippen LogP contribution in [0.3, 0.4) is 0 Å². The van der Waals surface area contributed by atoms with E-state index in [9.17, 15) is 4.39 Å². The minimum Gasteiger partial charge on any atom is -0.455 e. The quantitative estimate of drug-likeness (QED) is 0.202. The van der Waals surface area contributed by atoms with Gasteiger partial charge in [0.05, 0.1) is 5.41 Å². The summed E-state index contributed by atoms with van der Waals surface area (Å²) in [5.41, 5.74) is 10.1. The zero-order valence-electron chi connectivity index (χ0n) is 17.9. The van der Waals surface area contributed by atoms with Gasteiger partial charge in [0.15, 0.2) is 0 Å². The van der Waals surface area contributed by atoms with Crippen LogP contribution in [0.1, 0.15) is 22.3 Å². The fourth-order valence-electron chi connectivity index (χ4n) is 6.42. The summed E-state index contributed by atoms with van der Waals surface area (Å²) in [7, 11) is 0. The van der Waals surface area contributed by atoms with E-state index in [1.807, 2.05) is 24.3 Å². The smallest absolute Gasteiger partial charge is 0.144 e. The van der Waals surface area contributed by atoms with Gasteiger partial charge in [0.1, 0.15) is 17.0 Å². The summed E-state index contributed by atoms with van der Waals surface area (Å²) < 4.78 is 22.3. The lowest BCUT2D eigenvalue weighted by atomic mass is 9.70. The molecular weight excluding hydrogens is 487 g/mol. The molecular formula is C31H16BrFO. The molecule has 160 valence electrons. The van der Waals surface area contributed by atoms with Crippen LogP contribution in [0, 0.1) is 5.82 Å². The lowest BCUT2D eigenvalue weighted by Gasteiger charge is -2.30. The monoisotopic (exact) mass is 502 g/mol. The van der Waals surface area contributed by atoms with E-state index in [2.05, 4.69) is 76.6 Å². The van der Waals surface area contributed by atoms with E-state index in [1.165, 1.54) is 11.1 Å². The van der Waals surface area contributed by atoms with Crippen LogP contribution in [-0.2, 0) is 5.41 Å². The Labute approximate surface area is 203 Å². The van der Waals surface area contributed by atoms with Crippen LogP contribution in [0.25, 0.3) is 44.2 Å². The third kappa shape index (κ3) is 2.02. The first-order chi connectivity index (χ1) is 16.7. The second-order valence-corrected chi connectivity index (χ2v) is 9.97. The number of furan rings is 1. The Morgan fingerprint density at radius 2 is 1.32 bits per heavy atom. The van der Waals surface area contributed by atoms with Gasteiger partial charge in [0.25, 0.3) is 0 Å². The van der Waals surface area contributed by atoms with Gasteiger partial charge in [-0.3, -0.25) is 0 Å². The highest BCUT2D eigenvalue weighted by atomic mass is 79.9. The summed E-state index contributed by atoms with van der Waals surface area (Å²) in [5, 5.41) is 2.16. The molecule has 1 heterocycles. The third-order valence-electron chi connectivity index (χ3n) is 7.61.